The van der Waals surface area contributed by atoms with Gasteiger partial charge in [-0.25, -0.2) is 0 Å². The van der Waals surface area contributed by atoms with Crippen LogP contribution >= 0.6 is 0 Å². The predicted molar refractivity (Wildman–Crippen MR) is 163 cm³/mol. The molecule has 0 fully saturated rings. The Bertz CT molecular complexity index is 1210. The molecule has 8 heteroatoms. The van der Waals surface area contributed by atoms with Crippen molar-refractivity contribution in [2.24, 2.45) is 10.8 Å². The number of carbonyl (C=O) groups is 1. The standard InChI is InChI=1S/C33H45N3O5/c1-24(30(23-34)27-13-17-28(18-14-27)36(38)39)26-15-19-29(20-16-26)40-21-11-9-7-8-10-12-22-41-31(37)33(6,25(2)35)32(3,4)5/h13-19,29,35H,7-12,20-22H2,1-6H3/b30-24+,35-25?. The summed E-state index contributed by atoms with van der Waals surface area (Å²) in [6, 6.07) is 8.28. The van der Waals surface area contributed by atoms with Crippen LogP contribution in [0.15, 0.2) is 53.6 Å². The van der Waals surface area contributed by atoms with Gasteiger partial charge >= 0.3 is 5.97 Å². The van der Waals surface area contributed by atoms with Crippen LogP contribution in [0.5, 0.6) is 0 Å². The molecule has 0 saturated carbocycles. The zero-order valence-corrected chi connectivity index (χ0v) is 25.4. The SMILES string of the molecule is CC(=N)C(C)(C(=O)OCCCCCCCCOC1C=CC(/C(C)=C(\C#N)c2ccc([N+](=O)[O-])cc2)=CC1)C(C)(C)C. The lowest BCUT2D eigenvalue weighted by atomic mass is 9.65. The zero-order chi connectivity index (χ0) is 30.6. The van der Waals surface area contributed by atoms with Crippen LogP contribution in [0.2, 0.25) is 0 Å². The fraction of sp³-hybridized carbons (Fsp3) is 0.545. The Morgan fingerprint density at radius 3 is 2.12 bits per heavy atom. The molecule has 222 valence electrons. The maximum Gasteiger partial charge on any atom is 0.318 e. The van der Waals surface area contributed by atoms with Gasteiger partial charge in [-0.05, 0) is 74.3 Å². The third-order valence-electron chi connectivity index (χ3n) is 8.11. The van der Waals surface area contributed by atoms with E-state index in [0.717, 1.165) is 56.1 Å². The number of ether oxygens (including phenoxy) is 2. The summed E-state index contributed by atoms with van der Waals surface area (Å²) in [6.07, 6.45) is 12.9. The van der Waals surface area contributed by atoms with Gasteiger partial charge in [0.2, 0.25) is 0 Å². The van der Waals surface area contributed by atoms with Crippen LogP contribution in [-0.4, -0.2) is 35.9 Å². The lowest BCUT2D eigenvalue weighted by molar-refractivity contribution is -0.384. The summed E-state index contributed by atoms with van der Waals surface area (Å²) < 4.78 is 11.5. The smallest absolute Gasteiger partial charge is 0.318 e. The second kappa shape index (κ2) is 15.4. The summed E-state index contributed by atoms with van der Waals surface area (Å²) in [7, 11) is 0. The highest BCUT2D eigenvalue weighted by Crippen LogP contribution is 2.40. The Kier molecular flexibility index (Phi) is 12.7. The van der Waals surface area contributed by atoms with E-state index in [4.69, 9.17) is 14.9 Å². The molecule has 0 radical (unpaired) electrons. The summed E-state index contributed by atoms with van der Waals surface area (Å²) in [4.78, 5) is 23.1. The van der Waals surface area contributed by atoms with E-state index in [-0.39, 0.29) is 23.2 Å². The first-order valence-electron chi connectivity index (χ1n) is 14.4. The average molecular weight is 564 g/mol. The van der Waals surface area contributed by atoms with E-state index in [2.05, 4.69) is 12.1 Å². The van der Waals surface area contributed by atoms with Crippen LogP contribution in [-0.2, 0) is 14.3 Å². The Labute approximate surface area is 244 Å². The maximum absolute atomic E-state index is 12.7. The number of nitrogens with zero attached hydrogens (tertiary/aromatic N) is 2. The zero-order valence-electron chi connectivity index (χ0n) is 25.4. The fourth-order valence-corrected chi connectivity index (χ4v) is 4.74. The number of allylic oxidation sites excluding steroid dienone is 4. The molecular formula is C33H45N3O5. The van der Waals surface area contributed by atoms with Gasteiger partial charge in [0.05, 0.1) is 23.2 Å². The highest BCUT2D eigenvalue weighted by molar-refractivity contribution is 6.04. The Morgan fingerprint density at radius 1 is 1.05 bits per heavy atom. The van der Waals surface area contributed by atoms with Crippen LogP contribution in [0.1, 0.15) is 92.1 Å². The minimum atomic E-state index is -0.914. The van der Waals surface area contributed by atoms with Crippen molar-refractivity contribution in [2.75, 3.05) is 13.2 Å². The van der Waals surface area contributed by atoms with Gasteiger partial charge in [-0.15, -0.1) is 0 Å². The molecular weight excluding hydrogens is 518 g/mol. The van der Waals surface area contributed by atoms with E-state index in [1.165, 1.54) is 12.1 Å². The largest absolute Gasteiger partial charge is 0.465 e. The molecule has 2 atom stereocenters. The van der Waals surface area contributed by atoms with Gasteiger partial charge < -0.3 is 14.9 Å². The van der Waals surface area contributed by atoms with E-state index in [1.54, 1.807) is 26.0 Å². The molecule has 0 bridgehead atoms. The second-order valence-electron chi connectivity index (χ2n) is 11.8. The van der Waals surface area contributed by atoms with Crippen molar-refractivity contribution in [2.45, 2.75) is 92.6 Å². The third-order valence-corrected chi connectivity index (χ3v) is 8.11. The lowest BCUT2D eigenvalue weighted by Gasteiger charge is -2.39. The van der Waals surface area contributed by atoms with Crippen molar-refractivity contribution in [3.05, 3.63) is 69.3 Å². The monoisotopic (exact) mass is 563 g/mol. The quantitative estimate of drug-likeness (QED) is 0.0573. The highest BCUT2D eigenvalue weighted by atomic mass is 16.6. The number of esters is 1. The topological polar surface area (TPSA) is 126 Å². The van der Waals surface area contributed by atoms with Crippen molar-refractivity contribution in [1.82, 2.24) is 0 Å². The number of nitriles is 1. The molecule has 0 aromatic heterocycles. The molecule has 41 heavy (non-hydrogen) atoms. The molecule has 1 aliphatic rings. The molecule has 1 aliphatic carbocycles. The van der Waals surface area contributed by atoms with Crippen molar-refractivity contribution < 1.29 is 19.2 Å². The van der Waals surface area contributed by atoms with E-state index in [0.29, 0.717) is 30.1 Å². The number of benzene rings is 1. The van der Waals surface area contributed by atoms with Gasteiger partial charge in [0.25, 0.3) is 5.69 Å². The fourth-order valence-electron chi connectivity index (χ4n) is 4.74. The minimum Gasteiger partial charge on any atom is -0.465 e. The van der Waals surface area contributed by atoms with Crippen molar-refractivity contribution in [3.63, 3.8) is 0 Å². The first-order chi connectivity index (χ1) is 19.3. The number of nitrogens with one attached hydrogen (secondary N) is 1. The Hall–Kier alpha value is -3.57. The third kappa shape index (κ3) is 9.22. The van der Waals surface area contributed by atoms with E-state index in [9.17, 15) is 20.2 Å². The normalized spacial score (nSPS) is 17.1. The minimum absolute atomic E-state index is 0.00202. The molecule has 0 spiro atoms. The highest BCUT2D eigenvalue weighted by Gasteiger charge is 2.47. The molecule has 2 rings (SSSR count). The number of non-ortho nitro benzene ring substituents is 1. The van der Waals surface area contributed by atoms with Crippen LogP contribution < -0.4 is 0 Å². The number of hydrogen-bond acceptors (Lipinski definition) is 7. The van der Waals surface area contributed by atoms with Gasteiger partial charge in [0, 0.05) is 24.5 Å². The molecule has 0 saturated heterocycles. The number of nitro benzene ring substituents is 1. The van der Waals surface area contributed by atoms with Gasteiger partial charge in [-0.1, -0.05) is 64.7 Å². The van der Waals surface area contributed by atoms with Gasteiger partial charge in [-0.2, -0.15) is 5.26 Å². The number of nitro groups is 1. The lowest BCUT2D eigenvalue weighted by Crippen LogP contribution is -2.46. The van der Waals surface area contributed by atoms with E-state index < -0.39 is 10.3 Å². The van der Waals surface area contributed by atoms with Crippen molar-refractivity contribution in [1.29, 1.82) is 10.7 Å². The van der Waals surface area contributed by atoms with Crippen LogP contribution in [0.3, 0.4) is 0 Å². The molecule has 8 nitrogen and oxygen atoms in total. The Morgan fingerprint density at radius 2 is 1.63 bits per heavy atom. The summed E-state index contributed by atoms with van der Waals surface area (Å²) in [5.41, 5.74) is 1.99. The van der Waals surface area contributed by atoms with Gasteiger partial charge in [0.15, 0.2) is 0 Å². The summed E-state index contributed by atoms with van der Waals surface area (Å²) in [6.45, 7) is 12.3. The van der Waals surface area contributed by atoms with Crippen LogP contribution in [0.25, 0.3) is 5.57 Å². The molecule has 0 aliphatic heterocycles. The summed E-state index contributed by atoms with van der Waals surface area (Å²) in [5, 5.41) is 28.7. The van der Waals surface area contributed by atoms with Crippen LogP contribution in [0, 0.1) is 37.7 Å². The average Bonchev–Trinajstić information content (AvgIpc) is 2.93. The van der Waals surface area contributed by atoms with Crippen molar-refractivity contribution in [3.8, 4) is 6.07 Å². The summed E-state index contributed by atoms with van der Waals surface area (Å²) in [5.74, 6) is -0.311. The molecule has 1 aromatic carbocycles. The first kappa shape index (κ1) is 33.6. The predicted octanol–water partition coefficient (Wildman–Crippen LogP) is 8.14. The molecule has 1 N–H and O–H groups in total. The van der Waals surface area contributed by atoms with E-state index >= 15 is 0 Å². The first-order valence-corrected chi connectivity index (χ1v) is 14.4. The van der Waals surface area contributed by atoms with E-state index in [1.807, 2.05) is 39.8 Å². The second-order valence-corrected chi connectivity index (χ2v) is 11.8. The summed E-state index contributed by atoms with van der Waals surface area (Å²) >= 11 is 0. The molecule has 0 heterocycles. The molecule has 0 amide bonds. The number of unbranched alkanes of at least 4 members (excludes halogenated alkanes) is 5. The van der Waals surface area contributed by atoms with Crippen LogP contribution in [0.4, 0.5) is 5.69 Å². The molecule has 2 unspecified atom stereocenters. The van der Waals surface area contributed by atoms with Gasteiger partial charge in [-0.3, -0.25) is 14.9 Å². The molecule has 1 aromatic rings. The van der Waals surface area contributed by atoms with Gasteiger partial charge in [0.1, 0.15) is 11.5 Å². The van der Waals surface area contributed by atoms with Crippen molar-refractivity contribution >= 4 is 22.9 Å². The number of rotatable bonds is 15. The maximum atomic E-state index is 12.7. The number of hydrogen-bond donors (Lipinski definition) is 1. The Balaban J connectivity index is 1.65. The number of carbonyl (C=O) groups excluding carboxylic acids is 1.